The number of aldehydes is 1. The fourth-order valence-corrected chi connectivity index (χ4v) is 2.70. The van der Waals surface area contributed by atoms with E-state index in [1.165, 1.54) is 6.26 Å². The van der Waals surface area contributed by atoms with E-state index in [0.717, 1.165) is 6.29 Å². The smallest absolute Gasteiger partial charge is 0.202 e. The Morgan fingerprint density at radius 3 is 3.00 bits per heavy atom. The first-order valence-corrected chi connectivity index (χ1v) is 5.20. The van der Waals surface area contributed by atoms with Crippen molar-refractivity contribution in [3.8, 4) is 0 Å². The zero-order valence-corrected chi connectivity index (χ0v) is 8.92. The number of carbonyl (C=O) groups excluding carboxylic acids is 1. The van der Waals surface area contributed by atoms with Gasteiger partial charge in [-0.3, -0.25) is 4.79 Å². The van der Waals surface area contributed by atoms with Crippen LogP contribution in [0.1, 0.15) is 13.3 Å². The SMILES string of the molecule is COC1OC=C(C=O)C2CC(O)C(C)C12. The van der Waals surface area contributed by atoms with E-state index in [1.54, 1.807) is 7.11 Å². The number of fused-ring (bicyclic) bond motifs is 1. The number of carbonyl (C=O) groups is 1. The van der Waals surface area contributed by atoms with Crippen molar-refractivity contribution >= 4 is 6.29 Å². The average molecular weight is 212 g/mol. The number of rotatable bonds is 2. The van der Waals surface area contributed by atoms with Gasteiger partial charge in [0.15, 0.2) is 0 Å². The molecule has 15 heavy (non-hydrogen) atoms. The van der Waals surface area contributed by atoms with Crippen LogP contribution in [-0.2, 0) is 14.3 Å². The van der Waals surface area contributed by atoms with Gasteiger partial charge >= 0.3 is 0 Å². The summed E-state index contributed by atoms with van der Waals surface area (Å²) in [5.74, 6) is 0.255. The zero-order chi connectivity index (χ0) is 11.0. The molecule has 2 rings (SSSR count). The summed E-state index contributed by atoms with van der Waals surface area (Å²) in [6.45, 7) is 1.97. The van der Waals surface area contributed by atoms with Crippen LogP contribution in [0.25, 0.3) is 0 Å². The van der Waals surface area contributed by atoms with E-state index >= 15 is 0 Å². The van der Waals surface area contributed by atoms with Gasteiger partial charge in [0.1, 0.15) is 6.29 Å². The standard InChI is InChI=1S/C11H16O4/c1-6-9(13)3-8-7(4-12)5-15-11(14-2)10(6)8/h4-6,8-11,13H,3H2,1-2H3. The van der Waals surface area contributed by atoms with Crippen LogP contribution in [0.15, 0.2) is 11.8 Å². The molecular weight excluding hydrogens is 196 g/mol. The molecule has 0 radical (unpaired) electrons. The van der Waals surface area contributed by atoms with Crippen LogP contribution in [0.3, 0.4) is 0 Å². The quantitative estimate of drug-likeness (QED) is 0.685. The number of ether oxygens (including phenoxy) is 2. The minimum Gasteiger partial charge on any atom is -0.472 e. The second-order valence-electron chi connectivity index (χ2n) is 4.32. The van der Waals surface area contributed by atoms with Gasteiger partial charge < -0.3 is 14.6 Å². The Morgan fingerprint density at radius 1 is 1.67 bits per heavy atom. The summed E-state index contributed by atoms with van der Waals surface area (Å²) in [7, 11) is 1.58. The lowest BCUT2D eigenvalue weighted by Crippen LogP contribution is -2.36. The molecule has 0 spiro atoms. The second kappa shape index (κ2) is 3.94. The first-order valence-electron chi connectivity index (χ1n) is 5.20. The number of methoxy groups -OCH3 is 1. The predicted molar refractivity (Wildman–Crippen MR) is 52.8 cm³/mol. The molecule has 5 unspecified atom stereocenters. The highest BCUT2D eigenvalue weighted by atomic mass is 16.7. The Bertz CT molecular complexity index is 286. The lowest BCUT2D eigenvalue weighted by molar-refractivity contribution is -0.148. The highest BCUT2D eigenvalue weighted by Crippen LogP contribution is 2.45. The number of allylic oxidation sites excluding steroid dienone is 1. The van der Waals surface area contributed by atoms with Crippen molar-refractivity contribution < 1.29 is 19.4 Å². The lowest BCUT2D eigenvalue weighted by atomic mass is 9.84. The van der Waals surface area contributed by atoms with Crippen molar-refractivity contribution in [3.05, 3.63) is 11.8 Å². The molecule has 0 aromatic carbocycles. The maximum absolute atomic E-state index is 10.8. The van der Waals surface area contributed by atoms with Gasteiger partial charge in [0.05, 0.1) is 12.4 Å². The minimum atomic E-state index is -0.373. The largest absolute Gasteiger partial charge is 0.472 e. The van der Waals surface area contributed by atoms with Gasteiger partial charge in [0.25, 0.3) is 0 Å². The first-order chi connectivity index (χ1) is 7.19. The summed E-state index contributed by atoms with van der Waals surface area (Å²) in [5.41, 5.74) is 0.636. The molecule has 1 aliphatic carbocycles. The first kappa shape index (κ1) is 10.6. The number of hydrogen-bond acceptors (Lipinski definition) is 4. The van der Waals surface area contributed by atoms with Crippen LogP contribution < -0.4 is 0 Å². The summed E-state index contributed by atoms with van der Waals surface area (Å²) in [6.07, 6.45) is 2.19. The Labute approximate surface area is 88.9 Å². The number of hydrogen-bond donors (Lipinski definition) is 1. The summed E-state index contributed by atoms with van der Waals surface area (Å²) in [5, 5.41) is 9.80. The van der Waals surface area contributed by atoms with Crippen LogP contribution in [0.5, 0.6) is 0 Å². The molecule has 1 aliphatic heterocycles. The van der Waals surface area contributed by atoms with Crippen molar-refractivity contribution in [1.82, 2.24) is 0 Å². The molecule has 5 atom stereocenters. The van der Waals surface area contributed by atoms with Gasteiger partial charge in [-0.1, -0.05) is 6.92 Å². The second-order valence-corrected chi connectivity index (χ2v) is 4.32. The maximum Gasteiger partial charge on any atom is 0.202 e. The van der Waals surface area contributed by atoms with Gasteiger partial charge in [0, 0.05) is 24.5 Å². The number of aliphatic hydroxyl groups is 1. The molecule has 0 amide bonds. The minimum absolute atomic E-state index is 0.0752. The van der Waals surface area contributed by atoms with Gasteiger partial charge in [-0.25, -0.2) is 0 Å². The van der Waals surface area contributed by atoms with Gasteiger partial charge in [0.2, 0.25) is 6.29 Å². The van der Waals surface area contributed by atoms with E-state index in [9.17, 15) is 9.90 Å². The molecule has 0 bridgehead atoms. The molecule has 4 heteroatoms. The van der Waals surface area contributed by atoms with Crippen molar-refractivity contribution in [2.75, 3.05) is 7.11 Å². The van der Waals surface area contributed by atoms with Crippen LogP contribution >= 0.6 is 0 Å². The Hall–Kier alpha value is -0.870. The fraction of sp³-hybridized carbons (Fsp3) is 0.727. The van der Waals surface area contributed by atoms with Crippen molar-refractivity contribution in [3.63, 3.8) is 0 Å². The summed E-state index contributed by atoms with van der Waals surface area (Å²) < 4.78 is 10.6. The molecule has 0 saturated heterocycles. The molecule has 84 valence electrons. The van der Waals surface area contributed by atoms with E-state index in [0.29, 0.717) is 12.0 Å². The molecule has 1 heterocycles. The van der Waals surface area contributed by atoms with Crippen LogP contribution in [0, 0.1) is 17.8 Å². The molecule has 2 aliphatic rings. The Kier molecular flexibility index (Phi) is 2.80. The topological polar surface area (TPSA) is 55.8 Å². The molecular formula is C11H16O4. The Balaban J connectivity index is 2.28. The molecule has 0 aromatic heterocycles. The molecule has 0 aromatic rings. The van der Waals surface area contributed by atoms with Crippen molar-refractivity contribution in [2.45, 2.75) is 25.7 Å². The van der Waals surface area contributed by atoms with Crippen LogP contribution in [-0.4, -0.2) is 30.9 Å². The van der Waals surface area contributed by atoms with E-state index in [2.05, 4.69) is 0 Å². The third kappa shape index (κ3) is 1.58. The summed E-state index contributed by atoms with van der Waals surface area (Å²) >= 11 is 0. The maximum atomic E-state index is 10.8. The van der Waals surface area contributed by atoms with E-state index in [1.807, 2.05) is 6.92 Å². The van der Waals surface area contributed by atoms with E-state index in [-0.39, 0.29) is 30.1 Å². The highest BCUT2D eigenvalue weighted by Gasteiger charge is 2.48. The molecule has 1 fully saturated rings. The molecule has 4 nitrogen and oxygen atoms in total. The van der Waals surface area contributed by atoms with Crippen LogP contribution in [0.4, 0.5) is 0 Å². The Morgan fingerprint density at radius 2 is 2.40 bits per heavy atom. The molecule has 1 N–H and O–H groups in total. The zero-order valence-electron chi connectivity index (χ0n) is 8.92. The monoisotopic (exact) mass is 212 g/mol. The highest BCUT2D eigenvalue weighted by molar-refractivity contribution is 5.74. The third-order valence-corrected chi connectivity index (χ3v) is 3.62. The molecule has 1 saturated carbocycles. The fourth-order valence-electron chi connectivity index (χ4n) is 2.70. The van der Waals surface area contributed by atoms with E-state index in [4.69, 9.17) is 9.47 Å². The third-order valence-electron chi connectivity index (χ3n) is 3.62. The predicted octanol–water partition coefficient (Wildman–Crippen LogP) is 0.705. The average Bonchev–Trinajstić information content (AvgIpc) is 2.55. The van der Waals surface area contributed by atoms with Crippen molar-refractivity contribution in [2.24, 2.45) is 17.8 Å². The summed E-state index contributed by atoms with van der Waals surface area (Å²) in [6, 6.07) is 0. The normalized spacial score (nSPS) is 44.2. The van der Waals surface area contributed by atoms with Gasteiger partial charge in [-0.15, -0.1) is 0 Å². The van der Waals surface area contributed by atoms with E-state index < -0.39 is 0 Å². The number of aliphatic hydroxyl groups excluding tert-OH is 1. The lowest BCUT2D eigenvalue weighted by Gasteiger charge is -2.33. The van der Waals surface area contributed by atoms with Crippen LogP contribution in [0.2, 0.25) is 0 Å². The van der Waals surface area contributed by atoms with Gasteiger partial charge in [-0.05, 0) is 12.3 Å². The van der Waals surface area contributed by atoms with Crippen molar-refractivity contribution in [1.29, 1.82) is 0 Å². The van der Waals surface area contributed by atoms with Gasteiger partial charge in [-0.2, -0.15) is 0 Å². The summed E-state index contributed by atoms with van der Waals surface area (Å²) in [4.78, 5) is 10.8.